The van der Waals surface area contributed by atoms with E-state index in [1.165, 1.54) is 26.4 Å². The lowest BCUT2D eigenvalue weighted by Gasteiger charge is -2.22. The molecule has 110 valence electrons. The summed E-state index contributed by atoms with van der Waals surface area (Å²) in [5, 5.41) is 0. The number of pyridine rings is 1. The summed E-state index contributed by atoms with van der Waals surface area (Å²) in [6.45, 7) is 6.63. The Morgan fingerprint density at radius 3 is 2.90 bits per heavy atom. The van der Waals surface area contributed by atoms with Crippen molar-refractivity contribution in [1.29, 1.82) is 0 Å². The van der Waals surface area contributed by atoms with E-state index >= 15 is 0 Å². The van der Waals surface area contributed by atoms with Crippen LogP contribution < -0.4 is 4.90 Å². The molecule has 1 aromatic heterocycles. The maximum Gasteiger partial charge on any atom is 0.338 e. The number of esters is 1. The van der Waals surface area contributed by atoms with Gasteiger partial charge in [0.2, 0.25) is 0 Å². The average molecular weight is 276 g/mol. The summed E-state index contributed by atoms with van der Waals surface area (Å²) in [5.74, 6) is 2.12. The number of nitrogens with zero attached hydrogens (tertiary/aromatic N) is 2. The Hall–Kier alpha value is -1.58. The van der Waals surface area contributed by atoms with Gasteiger partial charge in [-0.15, -0.1) is 0 Å². The third-order valence-electron chi connectivity index (χ3n) is 4.21. The molecular formula is C16H24N2O2. The van der Waals surface area contributed by atoms with Crippen LogP contribution in [-0.4, -0.2) is 31.2 Å². The molecule has 0 amide bonds. The first-order valence-corrected chi connectivity index (χ1v) is 7.41. The van der Waals surface area contributed by atoms with E-state index in [4.69, 9.17) is 4.74 Å². The van der Waals surface area contributed by atoms with E-state index in [1.807, 2.05) is 6.07 Å². The van der Waals surface area contributed by atoms with Crippen LogP contribution in [0, 0.1) is 11.8 Å². The maximum absolute atomic E-state index is 11.6. The summed E-state index contributed by atoms with van der Waals surface area (Å²) in [7, 11) is 1.40. The first-order chi connectivity index (χ1) is 9.61. The van der Waals surface area contributed by atoms with Gasteiger partial charge >= 0.3 is 5.97 Å². The second-order valence-corrected chi connectivity index (χ2v) is 5.82. The zero-order chi connectivity index (χ0) is 14.5. The van der Waals surface area contributed by atoms with E-state index < -0.39 is 0 Å². The number of ether oxygens (including phenoxy) is 1. The van der Waals surface area contributed by atoms with Crippen LogP contribution in [-0.2, 0) is 4.74 Å². The van der Waals surface area contributed by atoms with Crippen molar-refractivity contribution in [1.82, 2.24) is 4.98 Å². The molecule has 0 radical (unpaired) electrons. The minimum absolute atomic E-state index is 0.302. The number of hydrogen-bond acceptors (Lipinski definition) is 4. The predicted octanol–water partition coefficient (Wildman–Crippen LogP) is 3.13. The smallest absolute Gasteiger partial charge is 0.338 e. The Morgan fingerprint density at radius 1 is 1.40 bits per heavy atom. The van der Waals surface area contributed by atoms with Gasteiger partial charge in [0.1, 0.15) is 5.82 Å². The molecule has 4 heteroatoms. The normalized spacial score (nSPS) is 19.8. The fourth-order valence-electron chi connectivity index (χ4n) is 2.85. The molecule has 20 heavy (non-hydrogen) atoms. The van der Waals surface area contributed by atoms with Gasteiger partial charge in [0, 0.05) is 19.3 Å². The molecule has 0 spiro atoms. The van der Waals surface area contributed by atoms with Crippen molar-refractivity contribution in [3.05, 3.63) is 23.9 Å². The summed E-state index contributed by atoms with van der Waals surface area (Å²) in [4.78, 5) is 18.3. The number of anilines is 1. The standard InChI is InChI=1S/C16H24N2O2/c1-12(2)13-5-4-9-18(10-7-13)15-11-14(6-8-17-15)16(19)20-3/h6,8,11-13H,4-5,7,9-10H2,1-3H3. The summed E-state index contributed by atoms with van der Waals surface area (Å²) >= 11 is 0. The van der Waals surface area contributed by atoms with E-state index in [1.54, 1.807) is 12.3 Å². The number of rotatable bonds is 3. The van der Waals surface area contributed by atoms with Crippen molar-refractivity contribution in [2.45, 2.75) is 33.1 Å². The molecule has 2 rings (SSSR count). The van der Waals surface area contributed by atoms with Gasteiger partial charge < -0.3 is 9.64 Å². The van der Waals surface area contributed by atoms with Gasteiger partial charge in [0.15, 0.2) is 0 Å². The molecule has 1 saturated heterocycles. The van der Waals surface area contributed by atoms with Crippen molar-refractivity contribution < 1.29 is 9.53 Å². The number of hydrogen-bond donors (Lipinski definition) is 0. The molecule has 1 fully saturated rings. The zero-order valence-electron chi connectivity index (χ0n) is 12.6. The second kappa shape index (κ2) is 6.73. The second-order valence-electron chi connectivity index (χ2n) is 5.82. The monoisotopic (exact) mass is 276 g/mol. The van der Waals surface area contributed by atoms with Crippen LogP contribution >= 0.6 is 0 Å². The predicted molar refractivity (Wildman–Crippen MR) is 80.0 cm³/mol. The van der Waals surface area contributed by atoms with Gasteiger partial charge in [-0.3, -0.25) is 0 Å². The number of methoxy groups -OCH3 is 1. The molecule has 1 aliphatic heterocycles. The minimum Gasteiger partial charge on any atom is -0.465 e. The molecule has 0 bridgehead atoms. The van der Waals surface area contributed by atoms with Crippen LogP contribution in [0.5, 0.6) is 0 Å². The van der Waals surface area contributed by atoms with Gasteiger partial charge in [-0.1, -0.05) is 13.8 Å². The van der Waals surface area contributed by atoms with E-state index in [2.05, 4.69) is 23.7 Å². The van der Waals surface area contributed by atoms with Gasteiger partial charge in [0.25, 0.3) is 0 Å². The third-order valence-corrected chi connectivity index (χ3v) is 4.21. The number of aromatic nitrogens is 1. The number of carbonyl (C=O) groups is 1. The molecule has 0 aliphatic carbocycles. The lowest BCUT2D eigenvalue weighted by molar-refractivity contribution is 0.0600. The molecule has 4 nitrogen and oxygen atoms in total. The third kappa shape index (κ3) is 3.50. The average Bonchev–Trinajstić information content (AvgIpc) is 2.72. The summed E-state index contributed by atoms with van der Waals surface area (Å²) in [5.41, 5.74) is 0.571. The Morgan fingerprint density at radius 2 is 2.20 bits per heavy atom. The van der Waals surface area contributed by atoms with Crippen LogP contribution in [0.25, 0.3) is 0 Å². The molecule has 2 heterocycles. The minimum atomic E-state index is -0.302. The van der Waals surface area contributed by atoms with Gasteiger partial charge in [-0.2, -0.15) is 0 Å². The van der Waals surface area contributed by atoms with Crippen molar-refractivity contribution >= 4 is 11.8 Å². The Kier molecular flexibility index (Phi) is 4.99. The van der Waals surface area contributed by atoms with Crippen molar-refractivity contribution in [3.8, 4) is 0 Å². The van der Waals surface area contributed by atoms with E-state index in [9.17, 15) is 4.79 Å². The van der Waals surface area contributed by atoms with Crippen molar-refractivity contribution in [2.75, 3.05) is 25.1 Å². The Balaban J connectivity index is 2.09. The highest BCUT2D eigenvalue weighted by Gasteiger charge is 2.20. The Labute approximate surface area is 121 Å². The molecule has 1 unspecified atom stereocenters. The fraction of sp³-hybridized carbons (Fsp3) is 0.625. The van der Waals surface area contributed by atoms with Crippen LogP contribution in [0.4, 0.5) is 5.82 Å². The molecule has 1 aliphatic rings. The Bertz CT molecular complexity index is 460. The van der Waals surface area contributed by atoms with E-state index in [-0.39, 0.29) is 5.97 Å². The SMILES string of the molecule is COC(=O)c1ccnc(N2CCCC(C(C)C)CC2)c1. The highest BCUT2D eigenvalue weighted by molar-refractivity contribution is 5.90. The number of carbonyl (C=O) groups excluding carboxylic acids is 1. The summed E-state index contributed by atoms with van der Waals surface area (Å²) in [6.07, 6.45) is 5.35. The summed E-state index contributed by atoms with van der Waals surface area (Å²) in [6, 6.07) is 3.53. The van der Waals surface area contributed by atoms with E-state index in [0.29, 0.717) is 5.56 Å². The van der Waals surface area contributed by atoms with Crippen LogP contribution in [0.1, 0.15) is 43.5 Å². The highest BCUT2D eigenvalue weighted by atomic mass is 16.5. The molecule has 1 atom stereocenters. The topological polar surface area (TPSA) is 42.4 Å². The van der Waals surface area contributed by atoms with Gasteiger partial charge in [-0.25, -0.2) is 9.78 Å². The highest BCUT2D eigenvalue weighted by Crippen LogP contribution is 2.26. The first kappa shape index (κ1) is 14.8. The molecule has 0 aromatic carbocycles. The van der Waals surface area contributed by atoms with E-state index in [0.717, 1.165) is 30.7 Å². The lowest BCUT2D eigenvalue weighted by Crippen LogP contribution is -2.25. The fourth-order valence-corrected chi connectivity index (χ4v) is 2.85. The van der Waals surface area contributed by atoms with Crippen LogP contribution in [0.15, 0.2) is 18.3 Å². The van der Waals surface area contributed by atoms with Gasteiger partial charge in [-0.05, 0) is 43.2 Å². The molecule has 1 aromatic rings. The van der Waals surface area contributed by atoms with Crippen molar-refractivity contribution in [3.63, 3.8) is 0 Å². The van der Waals surface area contributed by atoms with Crippen LogP contribution in [0.2, 0.25) is 0 Å². The first-order valence-electron chi connectivity index (χ1n) is 7.41. The van der Waals surface area contributed by atoms with Crippen molar-refractivity contribution in [2.24, 2.45) is 11.8 Å². The quantitative estimate of drug-likeness (QED) is 0.795. The largest absolute Gasteiger partial charge is 0.465 e. The van der Waals surface area contributed by atoms with Crippen LogP contribution in [0.3, 0.4) is 0 Å². The van der Waals surface area contributed by atoms with Gasteiger partial charge in [0.05, 0.1) is 12.7 Å². The lowest BCUT2D eigenvalue weighted by atomic mass is 9.89. The molecular weight excluding hydrogens is 252 g/mol. The summed E-state index contributed by atoms with van der Waals surface area (Å²) < 4.78 is 4.77. The maximum atomic E-state index is 11.6. The molecule has 0 N–H and O–H groups in total. The zero-order valence-corrected chi connectivity index (χ0v) is 12.6. The molecule has 0 saturated carbocycles.